The van der Waals surface area contributed by atoms with Gasteiger partial charge in [0.1, 0.15) is 17.2 Å². The molecule has 0 atom stereocenters. The Labute approximate surface area is 202 Å². The molecule has 3 N–H and O–H groups in total. The number of aromatic nitrogens is 1. The summed E-state index contributed by atoms with van der Waals surface area (Å²) in [6.07, 6.45) is 3.37. The minimum absolute atomic E-state index is 0.0650. The molecule has 0 saturated heterocycles. The molecule has 6 nitrogen and oxygen atoms in total. The highest BCUT2D eigenvalue weighted by Gasteiger charge is 2.16. The van der Waals surface area contributed by atoms with E-state index in [1.165, 1.54) is 6.08 Å². The summed E-state index contributed by atoms with van der Waals surface area (Å²) in [7, 11) is 0. The van der Waals surface area contributed by atoms with Gasteiger partial charge in [-0.2, -0.15) is 0 Å². The van der Waals surface area contributed by atoms with Crippen molar-refractivity contribution in [2.75, 3.05) is 5.32 Å². The van der Waals surface area contributed by atoms with Crippen molar-refractivity contribution in [3.8, 4) is 11.3 Å². The molecule has 3 aromatic carbocycles. The standard InChI is InChI=1S/C29H23N3O3/c1-19-7-9-21(10-8-19)27-14-13-24(35-27)18-26(32-28(33)22-5-3-2-4-6-22)29(34)31-23-12-11-20-15-16-30-25(20)17-23/h2-18,30H,1H3,(H,31,34)(H,32,33)/b26-18+. The molecule has 0 aliphatic heterocycles. The van der Waals surface area contributed by atoms with Crippen molar-refractivity contribution >= 4 is 34.5 Å². The lowest BCUT2D eigenvalue weighted by atomic mass is 10.1. The van der Waals surface area contributed by atoms with Crippen LogP contribution in [0, 0.1) is 6.92 Å². The predicted octanol–water partition coefficient (Wildman–Crippen LogP) is 6.15. The molecule has 0 saturated carbocycles. The summed E-state index contributed by atoms with van der Waals surface area (Å²) >= 11 is 0. The first kappa shape index (κ1) is 22.0. The number of furan rings is 1. The Morgan fingerprint density at radius 2 is 1.69 bits per heavy atom. The Morgan fingerprint density at radius 3 is 2.49 bits per heavy atom. The smallest absolute Gasteiger partial charge is 0.272 e. The fourth-order valence-corrected chi connectivity index (χ4v) is 3.71. The first-order chi connectivity index (χ1) is 17.0. The maximum absolute atomic E-state index is 13.2. The third-order valence-electron chi connectivity index (χ3n) is 5.59. The van der Waals surface area contributed by atoms with Gasteiger partial charge in [-0.25, -0.2) is 0 Å². The highest BCUT2D eigenvalue weighted by molar-refractivity contribution is 6.11. The Bertz CT molecular complexity index is 1530. The van der Waals surface area contributed by atoms with Crippen LogP contribution in [0.4, 0.5) is 5.69 Å². The molecule has 0 aliphatic carbocycles. The molecule has 2 aromatic heterocycles. The average Bonchev–Trinajstić information content (AvgIpc) is 3.54. The van der Waals surface area contributed by atoms with Crippen LogP contribution in [0.2, 0.25) is 0 Å². The number of carbonyl (C=O) groups excluding carboxylic acids is 2. The fourth-order valence-electron chi connectivity index (χ4n) is 3.71. The van der Waals surface area contributed by atoms with Crippen molar-refractivity contribution < 1.29 is 14.0 Å². The fraction of sp³-hybridized carbons (Fsp3) is 0.0345. The zero-order chi connectivity index (χ0) is 24.2. The van der Waals surface area contributed by atoms with Crippen LogP contribution < -0.4 is 10.6 Å². The second kappa shape index (κ2) is 9.57. The number of fused-ring (bicyclic) bond motifs is 1. The monoisotopic (exact) mass is 461 g/mol. The molecule has 0 spiro atoms. The van der Waals surface area contributed by atoms with E-state index >= 15 is 0 Å². The number of hydrogen-bond acceptors (Lipinski definition) is 3. The van der Waals surface area contributed by atoms with Crippen molar-refractivity contribution in [2.45, 2.75) is 6.92 Å². The van der Waals surface area contributed by atoms with E-state index in [4.69, 9.17) is 4.42 Å². The van der Waals surface area contributed by atoms with Gasteiger partial charge < -0.3 is 20.0 Å². The number of anilines is 1. The van der Waals surface area contributed by atoms with E-state index < -0.39 is 11.8 Å². The van der Waals surface area contributed by atoms with Gasteiger partial charge >= 0.3 is 0 Å². The first-order valence-electron chi connectivity index (χ1n) is 11.2. The first-order valence-corrected chi connectivity index (χ1v) is 11.2. The number of benzene rings is 3. The van der Waals surface area contributed by atoms with Crippen molar-refractivity contribution in [2.24, 2.45) is 0 Å². The van der Waals surface area contributed by atoms with Crippen molar-refractivity contribution in [3.05, 3.63) is 120 Å². The van der Waals surface area contributed by atoms with E-state index in [2.05, 4.69) is 15.6 Å². The Hall–Kier alpha value is -4.84. The predicted molar refractivity (Wildman–Crippen MR) is 138 cm³/mol. The second-order valence-electron chi connectivity index (χ2n) is 8.18. The molecule has 0 radical (unpaired) electrons. The molecule has 0 aliphatic rings. The van der Waals surface area contributed by atoms with E-state index in [0.717, 1.165) is 22.0 Å². The zero-order valence-electron chi connectivity index (χ0n) is 19.0. The van der Waals surface area contributed by atoms with Gasteiger partial charge in [0.2, 0.25) is 0 Å². The minimum atomic E-state index is -0.464. The van der Waals surface area contributed by atoms with Gasteiger partial charge in [-0.1, -0.05) is 54.1 Å². The molecule has 0 bridgehead atoms. The second-order valence-corrected chi connectivity index (χ2v) is 8.18. The highest BCUT2D eigenvalue weighted by Crippen LogP contribution is 2.24. The summed E-state index contributed by atoms with van der Waals surface area (Å²) in [5.74, 6) is 0.257. The Balaban J connectivity index is 1.44. The third-order valence-corrected chi connectivity index (χ3v) is 5.59. The van der Waals surface area contributed by atoms with Crippen LogP contribution in [0.5, 0.6) is 0 Å². The molecular weight excluding hydrogens is 438 g/mol. The van der Waals surface area contributed by atoms with Crippen molar-refractivity contribution in [1.29, 1.82) is 0 Å². The van der Waals surface area contributed by atoms with Gasteiger partial charge in [-0.05, 0) is 54.8 Å². The largest absolute Gasteiger partial charge is 0.457 e. The molecule has 6 heteroatoms. The number of rotatable bonds is 6. The average molecular weight is 462 g/mol. The Morgan fingerprint density at radius 1 is 0.886 bits per heavy atom. The van der Waals surface area contributed by atoms with Crippen LogP contribution in [-0.4, -0.2) is 16.8 Å². The quantitative estimate of drug-likeness (QED) is 0.265. The lowest BCUT2D eigenvalue weighted by molar-refractivity contribution is -0.113. The summed E-state index contributed by atoms with van der Waals surface area (Å²) in [5.41, 5.74) is 4.09. The van der Waals surface area contributed by atoms with Crippen LogP contribution in [0.25, 0.3) is 28.3 Å². The van der Waals surface area contributed by atoms with E-state index in [-0.39, 0.29) is 5.70 Å². The van der Waals surface area contributed by atoms with E-state index in [1.54, 1.807) is 30.3 Å². The highest BCUT2D eigenvalue weighted by atomic mass is 16.3. The van der Waals surface area contributed by atoms with E-state index in [0.29, 0.717) is 22.8 Å². The normalized spacial score (nSPS) is 11.4. The topological polar surface area (TPSA) is 87.1 Å². The van der Waals surface area contributed by atoms with Crippen LogP contribution in [0.3, 0.4) is 0 Å². The minimum Gasteiger partial charge on any atom is -0.457 e. The van der Waals surface area contributed by atoms with Crippen LogP contribution >= 0.6 is 0 Å². The lowest BCUT2D eigenvalue weighted by Gasteiger charge is -2.11. The molecular formula is C29H23N3O3. The Kier molecular flexibility index (Phi) is 6.01. The van der Waals surface area contributed by atoms with Crippen molar-refractivity contribution in [1.82, 2.24) is 10.3 Å². The van der Waals surface area contributed by atoms with Gasteiger partial charge in [0.15, 0.2) is 0 Å². The number of amides is 2. The number of hydrogen-bond donors (Lipinski definition) is 3. The summed E-state index contributed by atoms with van der Waals surface area (Å²) in [4.78, 5) is 29.2. The maximum Gasteiger partial charge on any atom is 0.272 e. The number of H-pyrrole nitrogens is 1. The molecule has 0 fully saturated rings. The molecule has 0 unspecified atom stereocenters. The van der Waals surface area contributed by atoms with Crippen LogP contribution in [-0.2, 0) is 4.79 Å². The third kappa shape index (κ3) is 5.07. The summed E-state index contributed by atoms with van der Waals surface area (Å²) in [6, 6.07) is 27.8. The molecule has 5 rings (SSSR count). The molecule has 172 valence electrons. The number of nitrogens with one attached hydrogen (secondary N) is 3. The van der Waals surface area contributed by atoms with Gasteiger partial charge in [-0.15, -0.1) is 0 Å². The molecule has 2 amide bonds. The van der Waals surface area contributed by atoms with Gasteiger partial charge in [0.25, 0.3) is 11.8 Å². The van der Waals surface area contributed by atoms with E-state index in [1.807, 2.05) is 73.8 Å². The van der Waals surface area contributed by atoms with E-state index in [9.17, 15) is 9.59 Å². The molecule has 2 heterocycles. The van der Waals surface area contributed by atoms with Crippen molar-refractivity contribution in [3.63, 3.8) is 0 Å². The summed E-state index contributed by atoms with van der Waals surface area (Å²) in [5, 5.41) is 6.63. The van der Waals surface area contributed by atoms with Gasteiger partial charge in [-0.3, -0.25) is 9.59 Å². The van der Waals surface area contributed by atoms with Gasteiger partial charge in [0.05, 0.1) is 0 Å². The van der Waals surface area contributed by atoms with Crippen LogP contribution in [0.1, 0.15) is 21.7 Å². The number of carbonyl (C=O) groups is 2. The molecule has 35 heavy (non-hydrogen) atoms. The maximum atomic E-state index is 13.2. The number of aromatic amines is 1. The summed E-state index contributed by atoms with van der Waals surface area (Å²) < 4.78 is 5.96. The lowest BCUT2D eigenvalue weighted by Crippen LogP contribution is -2.30. The SMILES string of the molecule is Cc1ccc(-c2ccc(/C=C(/NC(=O)c3ccccc3)C(=O)Nc3ccc4cc[nH]c4c3)o2)cc1. The van der Waals surface area contributed by atoms with Gasteiger partial charge in [0, 0.05) is 34.6 Å². The summed E-state index contributed by atoms with van der Waals surface area (Å²) in [6.45, 7) is 2.02. The number of aryl methyl sites for hydroxylation is 1. The molecule has 5 aromatic rings. The van der Waals surface area contributed by atoms with Crippen LogP contribution in [0.15, 0.2) is 107 Å². The zero-order valence-corrected chi connectivity index (χ0v) is 19.0.